The molecule has 4 aromatic rings. The van der Waals surface area contributed by atoms with Crippen molar-refractivity contribution in [2.24, 2.45) is 5.73 Å². The van der Waals surface area contributed by atoms with Crippen molar-refractivity contribution in [3.05, 3.63) is 75.9 Å². The lowest BCUT2D eigenvalue weighted by Crippen LogP contribution is -2.11. The number of anilines is 2. The molecular formula is C25H20Cl2FN5O3. The summed E-state index contributed by atoms with van der Waals surface area (Å²) >= 11 is 12.3. The van der Waals surface area contributed by atoms with Gasteiger partial charge in [-0.2, -0.15) is 5.26 Å². The van der Waals surface area contributed by atoms with Gasteiger partial charge in [-0.25, -0.2) is 9.37 Å². The highest BCUT2D eigenvalue weighted by Crippen LogP contribution is 2.39. The fourth-order valence-corrected chi connectivity index (χ4v) is 3.79. The first-order valence-electron chi connectivity index (χ1n) is 10.7. The average Bonchev–Trinajstić information content (AvgIpc) is 2.88. The number of hydrogen-bond acceptors (Lipinski definition) is 8. The molecule has 4 rings (SSSR count). The van der Waals surface area contributed by atoms with E-state index in [-0.39, 0.29) is 28.6 Å². The molecule has 2 aromatic heterocycles. The van der Waals surface area contributed by atoms with Crippen molar-refractivity contribution in [1.82, 2.24) is 9.97 Å². The Kier molecular flexibility index (Phi) is 7.90. The Morgan fingerprint density at radius 3 is 2.67 bits per heavy atom. The Bertz CT molecular complexity index is 1460. The van der Waals surface area contributed by atoms with Gasteiger partial charge in [0.05, 0.1) is 40.3 Å². The van der Waals surface area contributed by atoms with Crippen LogP contribution in [0, 0.1) is 17.1 Å². The van der Waals surface area contributed by atoms with E-state index >= 15 is 0 Å². The van der Waals surface area contributed by atoms with E-state index in [0.29, 0.717) is 52.1 Å². The van der Waals surface area contributed by atoms with Crippen molar-refractivity contribution in [3.8, 4) is 23.3 Å². The smallest absolute Gasteiger partial charge is 0.167 e. The first-order valence-corrected chi connectivity index (χ1v) is 11.4. The molecule has 0 fully saturated rings. The first kappa shape index (κ1) is 25.3. The summed E-state index contributed by atoms with van der Waals surface area (Å²) in [5.74, 6) is 0.163. The number of ether oxygens (including phenoxy) is 3. The van der Waals surface area contributed by atoms with E-state index in [9.17, 15) is 9.65 Å². The number of nitrogens with two attached hydrogens (primary N) is 1. The van der Waals surface area contributed by atoms with Crippen LogP contribution in [0.25, 0.3) is 10.9 Å². The quantitative estimate of drug-likeness (QED) is 0.269. The van der Waals surface area contributed by atoms with Crippen molar-refractivity contribution >= 4 is 45.5 Å². The molecule has 2 heterocycles. The van der Waals surface area contributed by atoms with E-state index < -0.39 is 5.82 Å². The summed E-state index contributed by atoms with van der Waals surface area (Å²) in [6.45, 7) is 0.622. The monoisotopic (exact) mass is 527 g/mol. The molecule has 3 N–H and O–H groups in total. The Hall–Kier alpha value is -3.84. The number of aromatic nitrogens is 2. The average molecular weight is 528 g/mol. The molecule has 0 spiro atoms. The maximum atomic E-state index is 14.9. The molecular weight excluding hydrogens is 508 g/mol. The molecule has 0 saturated heterocycles. The third-order valence-corrected chi connectivity index (χ3v) is 5.60. The van der Waals surface area contributed by atoms with Gasteiger partial charge in [0.1, 0.15) is 24.4 Å². The van der Waals surface area contributed by atoms with Crippen LogP contribution in [0.15, 0.2) is 48.7 Å². The third-order valence-electron chi connectivity index (χ3n) is 5.08. The molecule has 36 heavy (non-hydrogen) atoms. The molecule has 0 unspecified atom stereocenters. The molecule has 0 aliphatic heterocycles. The Labute approximate surface area is 216 Å². The fourth-order valence-electron chi connectivity index (χ4n) is 3.41. The van der Waals surface area contributed by atoms with Crippen LogP contribution in [0.4, 0.5) is 15.8 Å². The van der Waals surface area contributed by atoms with Gasteiger partial charge in [0.15, 0.2) is 23.1 Å². The molecule has 0 aliphatic carbocycles. The Morgan fingerprint density at radius 2 is 1.94 bits per heavy atom. The molecule has 2 aromatic carbocycles. The third kappa shape index (κ3) is 5.52. The van der Waals surface area contributed by atoms with Crippen molar-refractivity contribution in [3.63, 3.8) is 0 Å². The largest absolute Gasteiger partial charge is 0.493 e. The number of methoxy groups -OCH3 is 1. The minimum atomic E-state index is -0.657. The summed E-state index contributed by atoms with van der Waals surface area (Å²) in [7, 11) is 1.50. The summed E-state index contributed by atoms with van der Waals surface area (Å²) in [6, 6.07) is 13.0. The zero-order valence-electron chi connectivity index (χ0n) is 19.0. The molecule has 11 heteroatoms. The molecule has 0 bridgehead atoms. The molecule has 0 saturated carbocycles. The minimum Gasteiger partial charge on any atom is -0.493 e. The van der Waals surface area contributed by atoms with Crippen LogP contribution in [0.3, 0.4) is 0 Å². The highest BCUT2D eigenvalue weighted by molar-refractivity contribution is 6.33. The van der Waals surface area contributed by atoms with Gasteiger partial charge in [0.25, 0.3) is 0 Å². The van der Waals surface area contributed by atoms with Crippen LogP contribution in [0.5, 0.6) is 17.2 Å². The maximum Gasteiger partial charge on any atom is 0.167 e. The predicted octanol–water partition coefficient (Wildman–Crippen LogP) is 5.62. The normalized spacial score (nSPS) is 10.7. The van der Waals surface area contributed by atoms with Gasteiger partial charge in [-0.1, -0.05) is 29.3 Å². The topological polar surface area (TPSA) is 115 Å². The van der Waals surface area contributed by atoms with Gasteiger partial charge in [0.2, 0.25) is 0 Å². The number of benzene rings is 2. The highest BCUT2D eigenvalue weighted by atomic mass is 35.5. The lowest BCUT2D eigenvalue weighted by atomic mass is 10.1. The van der Waals surface area contributed by atoms with Crippen molar-refractivity contribution in [2.45, 2.75) is 6.61 Å². The summed E-state index contributed by atoms with van der Waals surface area (Å²) in [6.07, 6.45) is 1.41. The van der Waals surface area contributed by atoms with Gasteiger partial charge in [-0.3, -0.25) is 4.98 Å². The van der Waals surface area contributed by atoms with Gasteiger partial charge in [-0.15, -0.1) is 0 Å². The summed E-state index contributed by atoms with van der Waals surface area (Å²) in [4.78, 5) is 8.45. The number of rotatable bonds is 9. The zero-order valence-corrected chi connectivity index (χ0v) is 20.5. The highest BCUT2D eigenvalue weighted by Gasteiger charge is 2.17. The minimum absolute atomic E-state index is 0.00249. The van der Waals surface area contributed by atoms with E-state index in [0.717, 1.165) is 0 Å². The SMILES string of the molecule is COc1cc2c(Nc3cc(F)c(OCc4cccc(Cl)n4)cc3Cl)c(C#N)cnc2cc1OCCN. The second kappa shape index (κ2) is 11.3. The number of pyridine rings is 2. The molecule has 0 amide bonds. The van der Waals surface area contributed by atoms with Crippen LogP contribution in [-0.2, 0) is 6.61 Å². The molecule has 0 aliphatic rings. The standard InChI is InChI=1S/C25H20Cl2FN5O3/c1-34-22-7-16-19(10-23(22)35-6-5-29)31-12-14(11-30)25(16)33-20-9-18(28)21(8-17(20)26)36-13-15-3-2-4-24(27)32-15/h2-4,7-10,12H,5-6,13,29H2,1H3,(H,31,33). The molecule has 0 radical (unpaired) electrons. The Balaban J connectivity index is 1.67. The van der Waals surface area contributed by atoms with E-state index in [1.54, 1.807) is 30.3 Å². The number of fused-ring (bicyclic) bond motifs is 1. The predicted molar refractivity (Wildman–Crippen MR) is 136 cm³/mol. The van der Waals surface area contributed by atoms with Crippen LogP contribution in [0.2, 0.25) is 10.2 Å². The second-order valence-corrected chi connectivity index (χ2v) is 8.24. The number of halogens is 3. The van der Waals surface area contributed by atoms with E-state index in [1.807, 2.05) is 0 Å². The number of nitrogens with zero attached hydrogens (tertiary/aromatic N) is 3. The van der Waals surface area contributed by atoms with Crippen LogP contribution in [0.1, 0.15) is 11.3 Å². The summed E-state index contributed by atoms with van der Waals surface area (Å²) < 4.78 is 31.5. The van der Waals surface area contributed by atoms with E-state index in [4.69, 9.17) is 43.1 Å². The fraction of sp³-hybridized carbons (Fsp3) is 0.160. The lowest BCUT2D eigenvalue weighted by Gasteiger charge is -2.16. The second-order valence-electron chi connectivity index (χ2n) is 7.44. The van der Waals surface area contributed by atoms with Crippen LogP contribution in [-0.4, -0.2) is 30.2 Å². The molecule has 8 nitrogen and oxygen atoms in total. The maximum absolute atomic E-state index is 14.9. The number of hydrogen-bond donors (Lipinski definition) is 2. The van der Waals surface area contributed by atoms with Crippen molar-refractivity contribution < 1.29 is 18.6 Å². The van der Waals surface area contributed by atoms with Crippen molar-refractivity contribution in [2.75, 3.05) is 25.6 Å². The Morgan fingerprint density at radius 1 is 1.11 bits per heavy atom. The zero-order chi connectivity index (χ0) is 25.7. The number of nitriles is 1. The van der Waals surface area contributed by atoms with E-state index in [1.165, 1.54) is 25.4 Å². The molecule has 184 valence electrons. The summed E-state index contributed by atoms with van der Waals surface area (Å²) in [5.41, 5.74) is 7.42. The van der Waals surface area contributed by atoms with Gasteiger partial charge in [-0.05, 0) is 18.2 Å². The first-order chi connectivity index (χ1) is 17.4. The van der Waals surface area contributed by atoms with Gasteiger partial charge in [0, 0.05) is 36.3 Å². The van der Waals surface area contributed by atoms with Crippen molar-refractivity contribution in [1.29, 1.82) is 5.26 Å². The molecule has 0 atom stereocenters. The van der Waals surface area contributed by atoms with Gasteiger partial charge < -0.3 is 25.3 Å². The van der Waals surface area contributed by atoms with E-state index in [2.05, 4.69) is 21.4 Å². The lowest BCUT2D eigenvalue weighted by molar-refractivity contribution is 0.286. The van der Waals surface area contributed by atoms with Gasteiger partial charge >= 0.3 is 0 Å². The number of nitrogens with one attached hydrogen (secondary N) is 1. The van der Waals surface area contributed by atoms with Crippen LogP contribution < -0.4 is 25.3 Å². The van der Waals surface area contributed by atoms with Crippen LogP contribution >= 0.6 is 23.2 Å². The summed E-state index contributed by atoms with van der Waals surface area (Å²) in [5, 5.41) is 13.8.